The monoisotopic (exact) mass is 299 g/mol. The molecule has 21 heavy (non-hydrogen) atoms. The van der Waals surface area contributed by atoms with E-state index in [-0.39, 0.29) is 11.3 Å². The van der Waals surface area contributed by atoms with Gasteiger partial charge in [0.1, 0.15) is 0 Å². The lowest BCUT2D eigenvalue weighted by Gasteiger charge is -2.33. The molecule has 1 aliphatic carbocycles. The summed E-state index contributed by atoms with van der Waals surface area (Å²) >= 11 is 0. The summed E-state index contributed by atoms with van der Waals surface area (Å²) in [5.41, 5.74) is 3.85. The number of nitrogens with one attached hydrogen (secondary N) is 1. The highest BCUT2D eigenvalue weighted by Gasteiger charge is 2.32. The SMILES string of the molecule is CNC1c2ccccc2CCC1S(=O)c1cccc(C)c1. The maximum Gasteiger partial charge on any atom is 0.0592 e. The average molecular weight is 299 g/mol. The molecule has 3 heteroatoms. The molecule has 0 fully saturated rings. The Morgan fingerprint density at radius 3 is 2.71 bits per heavy atom. The van der Waals surface area contributed by atoms with Gasteiger partial charge in [0.15, 0.2) is 0 Å². The first-order chi connectivity index (χ1) is 10.2. The van der Waals surface area contributed by atoms with Crippen molar-refractivity contribution in [1.82, 2.24) is 5.32 Å². The lowest BCUT2D eigenvalue weighted by Crippen LogP contribution is -2.37. The fourth-order valence-corrected chi connectivity index (χ4v) is 4.94. The molecular weight excluding hydrogens is 278 g/mol. The molecule has 0 amide bonds. The van der Waals surface area contributed by atoms with Gasteiger partial charge in [-0.2, -0.15) is 0 Å². The van der Waals surface area contributed by atoms with Gasteiger partial charge in [0.05, 0.1) is 16.0 Å². The summed E-state index contributed by atoms with van der Waals surface area (Å²) in [6, 6.07) is 16.7. The summed E-state index contributed by atoms with van der Waals surface area (Å²) in [6.07, 6.45) is 1.97. The highest BCUT2D eigenvalue weighted by atomic mass is 32.2. The first-order valence-corrected chi connectivity index (χ1v) is 8.64. The molecule has 0 bridgehead atoms. The summed E-state index contributed by atoms with van der Waals surface area (Å²) in [6.45, 7) is 2.05. The van der Waals surface area contributed by atoms with E-state index >= 15 is 0 Å². The molecule has 3 atom stereocenters. The third kappa shape index (κ3) is 2.81. The van der Waals surface area contributed by atoms with Crippen LogP contribution in [0.25, 0.3) is 0 Å². The minimum absolute atomic E-state index is 0.131. The zero-order chi connectivity index (χ0) is 14.8. The molecule has 1 N–H and O–H groups in total. The number of fused-ring (bicyclic) bond motifs is 1. The van der Waals surface area contributed by atoms with Crippen LogP contribution in [0.2, 0.25) is 0 Å². The topological polar surface area (TPSA) is 29.1 Å². The Hall–Kier alpha value is -1.45. The summed E-state index contributed by atoms with van der Waals surface area (Å²) in [7, 11) is 0.986. The van der Waals surface area contributed by atoms with Crippen LogP contribution in [0.4, 0.5) is 0 Å². The van der Waals surface area contributed by atoms with E-state index in [1.54, 1.807) is 0 Å². The van der Waals surface area contributed by atoms with Gasteiger partial charge in [-0.1, -0.05) is 36.4 Å². The van der Waals surface area contributed by atoms with Crippen molar-refractivity contribution >= 4 is 10.8 Å². The molecule has 2 aromatic carbocycles. The standard InChI is InChI=1S/C18H21NOS/c1-13-6-5-8-15(12-13)21(20)17-11-10-14-7-3-4-9-16(14)18(17)19-2/h3-9,12,17-19H,10-11H2,1-2H3. The van der Waals surface area contributed by atoms with Crippen molar-refractivity contribution in [1.29, 1.82) is 0 Å². The minimum Gasteiger partial charge on any atom is -0.312 e. The fourth-order valence-electron chi connectivity index (χ4n) is 3.22. The fraction of sp³-hybridized carbons (Fsp3) is 0.333. The Morgan fingerprint density at radius 1 is 1.14 bits per heavy atom. The van der Waals surface area contributed by atoms with E-state index < -0.39 is 10.8 Å². The maximum absolute atomic E-state index is 13.0. The predicted octanol–water partition coefficient (Wildman–Crippen LogP) is 3.38. The van der Waals surface area contributed by atoms with E-state index in [0.717, 1.165) is 23.3 Å². The molecule has 0 radical (unpaired) electrons. The molecule has 3 rings (SSSR count). The van der Waals surface area contributed by atoms with Crippen LogP contribution in [0.15, 0.2) is 53.4 Å². The lowest BCUT2D eigenvalue weighted by atomic mass is 9.87. The van der Waals surface area contributed by atoms with Gasteiger partial charge >= 0.3 is 0 Å². The Bertz CT molecular complexity index is 668. The van der Waals surface area contributed by atoms with Gasteiger partial charge in [0.25, 0.3) is 0 Å². The predicted molar refractivity (Wildman–Crippen MR) is 87.9 cm³/mol. The van der Waals surface area contributed by atoms with Gasteiger partial charge in [-0.05, 0) is 55.6 Å². The number of benzene rings is 2. The van der Waals surface area contributed by atoms with Crippen LogP contribution in [-0.2, 0) is 17.2 Å². The van der Waals surface area contributed by atoms with Crippen LogP contribution in [0.1, 0.15) is 29.2 Å². The van der Waals surface area contributed by atoms with Crippen LogP contribution in [0.3, 0.4) is 0 Å². The second-order valence-corrected chi connectivity index (χ2v) is 7.33. The lowest BCUT2D eigenvalue weighted by molar-refractivity contribution is 0.497. The summed E-state index contributed by atoms with van der Waals surface area (Å²) in [4.78, 5) is 0.944. The number of rotatable bonds is 3. The van der Waals surface area contributed by atoms with Crippen LogP contribution in [0.5, 0.6) is 0 Å². The molecule has 110 valence electrons. The zero-order valence-electron chi connectivity index (χ0n) is 12.5. The maximum atomic E-state index is 13.0. The quantitative estimate of drug-likeness (QED) is 0.941. The molecule has 3 unspecified atom stereocenters. The van der Waals surface area contributed by atoms with Gasteiger partial charge in [-0.15, -0.1) is 0 Å². The zero-order valence-corrected chi connectivity index (χ0v) is 13.3. The summed E-state index contributed by atoms with van der Waals surface area (Å²) < 4.78 is 13.0. The molecule has 0 saturated carbocycles. The van der Waals surface area contributed by atoms with Gasteiger partial charge in [-0.3, -0.25) is 4.21 Å². The van der Waals surface area contributed by atoms with Crippen molar-refractivity contribution < 1.29 is 4.21 Å². The number of hydrogen-bond donors (Lipinski definition) is 1. The van der Waals surface area contributed by atoms with Crippen molar-refractivity contribution in [2.75, 3.05) is 7.05 Å². The van der Waals surface area contributed by atoms with E-state index in [0.29, 0.717) is 0 Å². The Balaban J connectivity index is 1.94. The Kier molecular flexibility index (Phi) is 4.22. The van der Waals surface area contributed by atoms with Crippen LogP contribution in [0, 0.1) is 6.92 Å². The molecule has 1 aliphatic rings. The number of aryl methyl sites for hydroxylation is 2. The van der Waals surface area contributed by atoms with Gasteiger partial charge < -0.3 is 5.32 Å². The molecule has 0 heterocycles. The van der Waals surface area contributed by atoms with Crippen molar-refractivity contribution in [3.63, 3.8) is 0 Å². The highest BCUT2D eigenvalue weighted by molar-refractivity contribution is 7.85. The summed E-state index contributed by atoms with van der Waals surface area (Å²) in [5, 5.41) is 3.51. The second kappa shape index (κ2) is 6.12. The van der Waals surface area contributed by atoms with Crippen molar-refractivity contribution in [3.05, 3.63) is 65.2 Å². The third-order valence-electron chi connectivity index (χ3n) is 4.27. The highest BCUT2D eigenvalue weighted by Crippen LogP contribution is 2.34. The Labute approximate surface area is 129 Å². The van der Waals surface area contributed by atoms with Crippen molar-refractivity contribution in [2.24, 2.45) is 0 Å². The molecule has 2 aromatic rings. The van der Waals surface area contributed by atoms with Crippen molar-refractivity contribution in [3.8, 4) is 0 Å². The molecule has 0 aromatic heterocycles. The first kappa shape index (κ1) is 14.5. The molecular formula is C18H21NOS. The first-order valence-electron chi connectivity index (χ1n) is 7.43. The van der Waals surface area contributed by atoms with E-state index in [1.807, 2.05) is 38.2 Å². The van der Waals surface area contributed by atoms with E-state index in [9.17, 15) is 4.21 Å². The minimum atomic E-state index is -0.980. The summed E-state index contributed by atoms with van der Waals surface area (Å²) in [5.74, 6) is 0. The molecule has 2 nitrogen and oxygen atoms in total. The largest absolute Gasteiger partial charge is 0.312 e. The molecule has 0 saturated heterocycles. The van der Waals surface area contributed by atoms with Gasteiger partial charge in [0.2, 0.25) is 0 Å². The molecule has 0 aliphatic heterocycles. The van der Waals surface area contributed by atoms with Crippen LogP contribution >= 0.6 is 0 Å². The van der Waals surface area contributed by atoms with E-state index in [4.69, 9.17) is 0 Å². The number of hydrogen-bond acceptors (Lipinski definition) is 2. The smallest absolute Gasteiger partial charge is 0.0592 e. The normalized spacial score (nSPS) is 22.6. The van der Waals surface area contributed by atoms with E-state index in [1.165, 1.54) is 11.1 Å². The van der Waals surface area contributed by atoms with Crippen LogP contribution in [-0.4, -0.2) is 16.5 Å². The second-order valence-electron chi connectivity index (χ2n) is 5.66. The Morgan fingerprint density at radius 2 is 1.95 bits per heavy atom. The van der Waals surface area contributed by atoms with Gasteiger partial charge in [-0.25, -0.2) is 0 Å². The van der Waals surface area contributed by atoms with Crippen molar-refractivity contribution in [2.45, 2.75) is 36.0 Å². The average Bonchev–Trinajstić information content (AvgIpc) is 2.53. The van der Waals surface area contributed by atoms with Gasteiger partial charge in [0, 0.05) is 10.9 Å². The third-order valence-corrected chi connectivity index (χ3v) is 6.04. The van der Waals surface area contributed by atoms with Crippen LogP contribution < -0.4 is 5.32 Å². The molecule has 0 spiro atoms. The van der Waals surface area contributed by atoms with E-state index in [2.05, 4.69) is 29.6 Å².